The van der Waals surface area contributed by atoms with E-state index < -0.39 is 0 Å². The maximum Gasteiger partial charge on any atom is 0.0519 e. The second-order valence-electron chi connectivity index (χ2n) is 4.67. The molecule has 1 aliphatic heterocycles. The van der Waals surface area contributed by atoms with Gasteiger partial charge in [-0.1, -0.05) is 6.92 Å². The lowest BCUT2D eigenvalue weighted by atomic mass is 9.98. The smallest absolute Gasteiger partial charge is 0.0519 e. The summed E-state index contributed by atoms with van der Waals surface area (Å²) >= 11 is 0. The van der Waals surface area contributed by atoms with Crippen molar-refractivity contribution in [3.8, 4) is 0 Å². The molecule has 0 aromatic heterocycles. The van der Waals surface area contributed by atoms with E-state index in [1.807, 2.05) is 0 Å². The molecule has 1 fully saturated rings. The van der Waals surface area contributed by atoms with Crippen molar-refractivity contribution in [2.24, 2.45) is 5.92 Å². The summed E-state index contributed by atoms with van der Waals surface area (Å²) in [7, 11) is 0. The van der Waals surface area contributed by atoms with Crippen LogP contribution in [0.2, 0.25) is 0 Å². The minimum Gasteiger partial charge on any atom is -0.379 e. The fourth-order valence-electron chi connectivity index (χ4n) is 2.02. The van der Waals surface area contributed by atoms with E-state index in [1.54, 1.807) is 0 Å². The molecule has 2 nitrogen and oxygen atoms in total. The van der Waals surface area contributed by atoms with Gasteiger partial charge in [-0.15, -0.1) is 0 Å². The average Bonchev–Trinajstić information content (AvgIpc) is 2.17. The average molecular weight is 199 g/mol. The van der Waals surface area contributed by atoms with E-state index in [9.17, 15) is 0 Å². The maximum absolute atomic E-state index is 5.66. The largest absolute Gasteiger partial charge is 0.379 e. The summed E-state index contributed by atoms with van der Waals surface area (Å²) in [6, 6.07) is 0. The molecule has 2 heteroatoms. The zero-order valence-corrected chi connectivity index (χ0v) is 9.96. The number of piperidine rings is 1. The highest BCUT2D eigenvalue weighted by atomic mass is 16.5. The van der Waals surface area contributed by atoms with Crippen LogP contribution in [0.25, 0.3) is 0 Å². The zero-order valence-electron chi connectivity index (χ0n) is 9.96. The first kappa shape index (κ1) is 12.0. The van der Waals surface area contributed by atoms with Crippen LogP contribution >= 0.6 is 0 Å². The van der Waals surface area contributed by atoms with Crippen molar-refractivity contribution in [2.45, 2.75) is 46.1 Å². The molecule has 84 valence electrons. The molecule has 0 aromatic rings. The van der Waals surface area contributed by atoms with Crippen LogP contribution in [0.3, 0.4) is 0 Å². The van der Waals surface area contributed by atoms with Crippen molar-refractivity contribution >= 4 is 0 Å². The molecule has 1 heterocycles. The van der Waals surface area contributed by atoms with Crippen molar-refractivity contribution in [2.75, 3.05) is 26.2 Å². The Hall–Kier alpha value is -0.0800. The molecule has 0 saturated carbocycles. The fraction of sp³-hybridized carbons (Fsp3) is 1.00. The normalized spacial score (nSPS) is 20.6. The summed E-state index contributed by atoms with van der Waals surface area (Å²) in [6.07, 6.45) is 4.33. The molecule has 0 N–H and O–H groups in total. The van der Waals surface area contributed by atoms with Crippen LogP contribution in [0, 0.1) is 5.92 Å². The molecule has 0 radical (unpaired) electrons. The van der Waals surface area contributed by atoms with Crippen molar-refractivity contribution in [3.05, 3.63) is 0 Å². The van der Waals surface area contributed by atoms with Gasteiger partial charge < -0.3 is 9.64 Å². The third kappa shape index (κ3) is 4.43. The van der Waals surface area contributed by atoms with Crippen molar-refractivity contribution in [3.63, 3.8) is 0 Å². The van der Waals surface area contributed by atoms with Gasteiger partial charge in [0.1, 0.15) is 0 Å². The van der Waals surface area contributed by atoms with Crippen LogP contribution < -0.4 is 0 Å². The first-order chi connectivity index (χ1) is 6.72. The van der Waals surface area contributed by atoms with Crippen LogP contribution in [0.15, 0.2) is 0 Å². The van der Waals surface area contributed by atoms with Gasteiger partial charge in [-0.25, -0.2) is 0 Å². The summed E-state index contributed by atoms with van der Waals surface area (Å²) in [6.45, 7) is 11.3. The molecule has 0 spiro atoms. The van der Waals surface area contributed by atoms with Crippen LogP contribution in [0.4, 0.5) is 0 Å². The number of hydrogen-bond donors (Lipinski definition) is 0. The van der Waals surface area contributed by atoms with E-state index in [0.29, 0.717) is 6.10 Å². The number of nitrogens with zero attached hydrogens (tertiary/aromatic N) is 1. The fourth-order valence-corrected chi connectivity index (χ4v) is 2.02. The summed E-state index contributed by atoms with van der Waals surface area (Å²) < 4.78 is 5.66. The topological polar surface area (TPSA) is 12.5 Å². The summed E-state index contributed by atoms with van der Waals surface area (Å²) in [4.78, 5) is 2.58. The molecule has 0 atom stereocenters. The van der Waals surface area contributed by atoms with Crippen molar-refractivity contribution in [1.29, 1.82) is 0 Å². The van der Waals surface area contributed by atoms with Gasteiger partial charge in [0.25, 0.3) is 0 Å². The Balaban J connectivity index is 2.09. The lowest BCUT2D eigenvalue weighted by molar-refractivity contribution is 0.0306. The molecule has 1 saturated heterocycles. The monoisotopic (exact) mass is 199 g/mol. The number of likely N-dealkylation sites (tertiary alicyclic amines) is 1. The molecule has 0 unspecified atom stereocenters. The van der Waals surface area contributed by atoms with Crippen LogP contribution in [0.5, 0.6) is 0 Å². The Bertz CT molecular complexity index is 139. The minimum atomic E-state index is 0.392. The number of ether oxygens (including phenoxy) is 1. The lowest BCUT2D eigenvalue weighted by Crippen LogP contribution is -2.35. The Kier molecular flexibility index (Phi) is 5.49. The summed E-state index contributed by atoms with van der Waals surface area (Å²) in [5.74, 6) is 0.811. The molecule has 0 aliphatic carbocycles. The molecule has 1 aliphatic rings. The van der Waals surface area contributed by atoms with Crippen LogP contribution in [-0.4, -0.2) is 37.2 Å². The van der Waals surface area contributed by atoms with Gasteiger partial charge in [0.05, 0.1) is 6.10 Å². The summed E-state index contributed by atoms with van der Waals surface area (Å²) in [5.41, 5.74) is 0. The molecule has 14 heavy (non-hydrogen) atoms. The predicted molar refractivity (Wildman–Crippen MR) is 60.5 cm³/mol. The van der Waals surface area contributed by atoms with E-state index >= 15 is 0 Å². The van der Waals surface area contributed by atoms with Gasteiger partial charge in [-0.3, -0.25) is 0 Å². The lowest BCUT2D eigenvalue weighted by Gasteiger charge is -2.31. The Morgan fingerprint density at radius 1 is 1.29 bits per heavy atom. The Morgan fingerprint density at radius 2 is 1.93 bits per heavy atom. The molecular weight excluding hydrogens is 174 g/mol. The Morgan fingerprint density at radius 3 is 2.43 bits per heavy atom. The van der Waals surface area contributed by atoms with E-state index in [2.05, 4.69) is 25.7 Å². The SMILES string of the molecule is CCCN1CCC(COC(C)C)CC1. The van der Waals surface area contributed by atoms with Gasteiger partial charge in [0.15, 0.2) is 0 Å². The van der Waals surface area contributed by atoms with Crippen LogP contribution in [-0.2, 0) is 4.74 Å². The van der Waals surface area contributed by atoms with Gasteiger partial charge >= 0.3 is 0 Å². The molecular formula is C12H25NO. The van der Waals surface area contributed by atoms with Gasteiger partial charge in [0.2, 0.25) is 0 Å². The second kappa shape index (κ2) is 6.41. The van der Waals surface area contributed by atoms with Crippen molar-refractivity contribution < 1.29 is 4.74 Å². The third-order valence-corrected chi connectivity index (χ3v) is 2.91. The van der Waals surface area contributed by atoms with Crippen LogP contribution in [0.1, 0.15) is 40.0 Å². The molecule has 0 bridgehead atoms. The highest BCUT2D eigenvalue weighted by molar-refractivity contribution is 4.71. The highest BCUT2D eigenvalue weighted by Gasteiger charge is 2.18. The first-order valence-electron chi connectivity index (χ1n) is 6.06. The number of hydrogen-bond acceptors (Lipinski definition) is 2. The third-order valence-electron chi connectivity index (χ3n) is 2.91. The molecule has 0 amide bonds. The predicted octanol–water partition coefficient (Wildman–Crippen LogP) is 2.53. The van der Waals surface area contributed by atoms with E-state index in [0.717, 1.165) is 12.5 Å². The maximum atomic E-state index is 5.66. The van der Waals surface area contributed by atoms with Crippen molar-refractivity contribution in [1.82, 2.24) is 4.90 Å². The minimum absolute atomic E-state index is 0.392. The molecule has 1 rings (SSSR count). The summed E-state index contributed by atoms with van der Waals surface area (Å²) in [5, 5.41) is 0. The Labute approximate surface area is 88.6 Å². The van der Waals surface area contributed by atoms with E-state index in [1.165, 1.54) is 38.9 Å². The number of rotatable bonds is 5. The zero-order chi connectivity index (χ0) is 10.4. The second-order valence-corrected chi connectivity index (χ2v) is 4.67. The molecule has 0 aromatic carbocycles. The van der Waals surface area contributed by atoms with Gasteiger partial charge in [-0.2, -0.15) is 0 Å². The van der Waals surface area contributed by atoms with Gasteiger partial charge in [0, 0.05) is 6.61 Å². The first-order valence-corrected chi connectivity index (χ1v) is 6.06. The quantitative estimate of drug-likeness (QED) is 0.674. The van der Waals surface area contributed by atoms with Gasteiger partial charge in [-0.05, 0) is 58.7 Å². The standard InChI is InChI=1S/C12H25NO/c1-4-7-13-8-5-12(6-9-13)10-14-11(2)3/h11-12H,4-10H2,1-3H3. The highest BCUT2D eigenvalue weighted by Crippen LogP contribution is 2.17. The van der Waals surface area contributed by atoms with E-state index in [4.69, 9.17) is 4.74 Å². The van der Waals surface area contributed by atoms with E-state index in [-0.39, 0.29) is 0 Å².